The van der Waals surface area contributed by atoms with E-state index in [1.165, 1.54) is 6.07 Å². The summed E-state index contributed by atoms with van der Waals surface area (Å²) in [6, 6.07) is 8.18. The van der Waals surface area contributed by atoms with Crippen LogP contribution in [0.25, 0.3) is 0 Å². The molecule has 1 heterocycles. The maximum Gasteiger partial charge on any atom is 0.417 e. The number of alkyl halides is 3. The number of aromatic carboxylic acids is 1. The van der Waals surface area contributed by atoms with Crippen LogP contribution in [0.4, 0.5) is 18.9 Å². The van der Waals surface area contributed by atoms with E-state index in [4.69, 9.17) is 5.11 Å². The second-order valence-electron chi connectivity index (χ2n) is 4.24. The van der Waals surface area contributed by atoms with Crippen LogP contribution in [0.1, 0.15) is 21.6 Å². The van der Waals surface area contributed by atoms with Gasteiger partial charge in [-0.3, -0.25) is 4.98 Å². The minimum Gasteiger partial charge on any atom is -0.478 e. The van der Waals surface area contributed by atoms with E-state index in [0.717, 1.165) is 12.1 Å². The maximum absolute atomic E-state index is 12.7. The normalized spacial score (nSPS) is 11.2. The minimum absolute atomic E-state index is 0.283. The van der Waals surface area contributed by atoms with E-state index in [9.17, 15) is 18.0 Å². The van der Waals surface area contributed by atoms with Crippen molar-refractivity contribution < 1.29 is 23.1 Å². The van der Waals surface area contributed by atoms with Crippen molar-refractivity contribution in [3.8, 4) is 0 Å². The highest BCUT2D eigenvalue weighted by molar-refractivity contribution is 5.91. The number of aromatic nitrogens is 1. The molecule has 0 saturated heterocycles. The zero-order valence-electron chi connectivity index (χ0n) is 10.7. The summed E-state index contributed by atoms with van der Waals surface area (Å²) >= 11 is 0. The number of rotatable bonds is 4. The van der Waals surface area contributed by atoms with Crippen molar-refractivity contribution in [2.75, 3.05) is 5.32 Å². The zero-order valence-corrected chi connectivity index (χ0v) is 10.7. The average Bonchev–Trinajstić information content (AvgIpc) is 2.45. The maximum atomic E-state index is 12.7. The zero-order chi connectivity index (χ0) is 15.5. The Kier molecular flexibility index (Phi) is 4.11. The van der Waals surface area contributed by atoms with Crippen molar-refractivity contribution in [2.45, 2.75) is 12.7 Å². The molecule has 0 unspecified atom stereocenters. The van der Waals surface area contributed by atoms with Gasteiger partial charge in [0.25, 0.3) is 0 Å². The van der Waals surface area contributed by atoms with Gasteiger partial charge in [0.1, 0.15) is 0 Å². The summed E-state index contributed by atoms with van der Waals surface area (Å²) in [6.07, 6.45) is -3.11. The quantitative estimate of drug-likeness (QED) is 0.907. The van der Waals surface area contributed by atoms with Crippen LogP contribution in [0.2, 0.25) is 0 Å². The lowest BCUT2D eigenvalue weighted by molar-refractivity contribution is -0.138. The number of anilines is 1. The summed E-state index contributed by atoms with van der Waals surface area (Å²) in [7, 11) is 0. The molecule has 2 N–H and O–H groups in total. The third-order valence-corrected chi connectivity index (χ3v) is 2.76. The Balaban J connectivity index is 2.22. The Morgan fingerprint density at radius 1 is 1.24 bits per heavy atom. The molecule has 0 atom stereocenters. The molecule has 1 aromatic carbocycles. The predicted molar refractivity (Wildman–Crippen MR) is 70.0 cm³/mol. The molecule has 4 nitrogen and oxygen atoms in total. The third kappa shape index (κ3) is 3.71. The summed E-state index contributed by atoms with van der Waals surface area (Å²) in [5.74, 6) is -1.62. The fourth-order valence-electron chi connectivity index (χ4n) is 1.77. The molecule has 0 aliphatic rings. The van der Waals surface area contributed by atoms with Crippen LogP contribution < -0.4 is 5.32 Å². The largest absolute Gasteiger partial charge is 0.478 e. The highest BCUT2D eigenvalue weighted by Gasteiger charge is 2.35. The van der Waals surface area contributed by atoms with Gasteiger partial charge in [-0.15, -0.1) is 0 Å². The summed E-state index contributed by atoms with van der Waals surface area (Å²) in [6.45, 7) is 0.283. The lowest BCUT2D eigenvalue weighted by Crippen LogP contribution is -2.13. The summed E-state index contributed by atoms with van der Waals surface area (Å²) < 4.78 is 38.1. The van der Waals surface area contributed by atoms with E-state index in [-0.39, 0.29) is 12.2 Å². The molecule has 2 aromatic rings. The molecule has 110 valence electrons. The van der Waals surface area contributed by atoms with E-state index in [2.05, 4.69) is 10.3 Å². The smallest absolute Gasteiger partial charge is 0.417 e. The van der Waals surface area contributed by atoms with E-state index < -0.39 is 23.3 Å². The van der Waals surface area contributed by atoms with E-state index in [1.807, 2.05) is 0 Å². The standard InChI is InChI=1S/C14H11F3N2O2/c15-14(16,17)12-5-4-9(7-11(12)13(20)21)19-8-10-3-1-2-6-18-10/h1-7,19H,8H2,(H,20,21). The predicted octanol–water partition coefficient (Wildman–Crippen LogP) is 3.41. The van der Waals surface area contributed by atoms with Gasteiger partial charge in [0.15, 0.2) is 0 Å². The van der Waals surface area contributed by atoms with Gasteiger partial charge < -0.3 is 10.4 Å². The van der Waals surface area contributed by atoms with E-state index in [0.29, 0.717) is 5.69 Å². The number of carboxylic acid groups (broad SMARTS) is 1. The Hall–Kier alpha value is -2.57. The van der Waals surface area contributed by atoms with Gasteiger partial charge >= 0.3 is 12.1 Å². The van der Waals surface area contributed by atoms with Gasteiger partial charge in [-0.2, -0.15) is 13.2 Å². The molecule has 21 heavy (non-hydrogen) atoms. The lowest BCUT2D eigenvalue weighted by atomic mass is 10.1. The van der Waals surface area contributed by atoms with Crippen LogP contribution in [0, 0.1) is 0 Å². The highest BCUT2D eigenvalue weighted by Crippen LogP contribution is 2.33. The molecular formula is C14H11F3N2O2. The number of nitrogens with one attached hydrogen (secondary N) is 1. The fourth-order valence-corrected chi connectivity index (χ4v) is 1.77. The summed E-state index contributed by atoms with van der Waals surface area (Å²) in [5.41, 5.74) is -0.979. The number of nitrogens with zero attached hydrogens (tertiary/aromatic N) is 1. The molecule has 0 amide bonds. The Morgan fingerprint density at radius 2 is 2.00 bits per heavy atom. The van der Waals surface area contributed by atoms with Crippen molar-refractivity contribution in [2.24, 2.45) is 0 Å². The molecule has 0 saturated carbocycles. The van der Waals surface area contributed by atoms with E-state index >= 15 is 0 Å². The summed E-state index contributed by atoms with van der Waals surface area (Å²) in [5, 5.41) is 11.7. The first kappa shape index (κ1) is 14.8. The molecule has 0 fully saturated rings. The van der Waals surface area contributed by atoms with Crippen LogP contribution in [0.3, 0.4) is 0 Å². The van der Waals surface area contributed by atoms with Crippen LogP contribution in [0.15, 0.2) is 42.6 Å². The topological polar surface area (TPSA) is 62.2 Å². The summed E-state index contributed by atoms with van der Waals surface area (Å²) in [4.78, 5) is 15.0. The number of hydrogen-bond donors (Lipinski definition) is 2. The van der Waals surface area contributed by atoms with Gasteiger partial charge in [-0.05, 0) is 30.3 Å². The highest BCUT2D eigenvalue weighted by atomic mass is 19.4. The van der Waals surface area contributed by atoms with Crippen LogP contribution in [-0.4, -0.2) is 16.1 Å². The number of carbonyl (C=O) groups is 1. The first-order valence-electron chi connectivity index (χ1n) is 5.96. The van der Waals surface area contributed by atoms with Crippen LogP contribution in [-0.2, 0) is 12.7 Å². The van der Waals surface area contributed by atoms with Gasteiger partial charge in [0.2, 0.25) is 0 Å². The monoisotopic (exact) mass is 296 g/mol. The SMILES string of the molecule is O=C(O)c1cc(NCc2ccccn2)ccc1C(F)(F)F. The van der Waals surface area contributed by atoms with Crippen LogP contribution in [0.5, 0.6) is 0 Å². The number of halogens is 3. The second kappa shape index (κ2) is 5.82. The number of pyridine rings is 1. The molecule has 0 aliphatic heterocycles. The first-order chi connectivity index (χ1) is 9.88. The van der Waals surface area contributed by atoms with E-state index in [1.54, 1.807) is 24.4 Å². The average molecular weight is 296 g/mol. The van der Waals surface area contributed by atoms with Crippen molar-refractivity contribution in [1.82, 2.24) is 4.98 Å². The molecule has 1 aromatic heterocycles. The molecular weight excluding hydrogens is 285 g/mol. The van der Waals surface area contributed by atoms with Gasteiger partial charge in [0, 0.05) is 11.9 Å². The Bertz CT molecular complexity index is 642. The third-order valence-electron chi connectivity index (χ3n) is 2.76. The Morgan fingerprint density at radius 3 is 2.57 bits per heavy atom. The second-order valence-corrected chi connectivity index (χ2v) is 4.24. The van der Waals surface area contributed by atoms with Crippen molar-refractivity contribution in [1.29, 1.82) is 0 Å². The molecule has 2 rings (SSSR count). The minimum atomic E-state index is -4.70. The number of benzene rings is 1. The molecule has 0 radical (unpaired) electrons. The molecule has 0 aliphatic carbocycles. The first-order valence-corrected chi connectivity index (χ1v) is 5.96. The fraction of sp³-hybridized carbons (Fsp3) is 0.143. The molecule has 7 heteroatoms. The Labute approximate surface area is 118 Å². The molecule has 0 bridgehead atoms. The lowest BCUT2D eigenvalue weighted by Gasteiger charge is -2.12. The number of carboxylic acids is 1. The van der Waals surface area contributed by atoms with Gasteiger partial charge in [0.05, 0.1) is 23.4 Å². The van der Waals surface area contributed by atoms with Gasteiger partial charge in [-0.1, -0.05) is 6.07 Å². The van der Waals surface area contributed by atoms with Crippen molar-refractivity contribution in [3.63, 3.8) is 0 Å². The van der Waals surface area contributed by atoms with Crippen molar-refractivity contribution >= 4 is 11.7 Å². The molecule has 0 spiro atoms. The number of hydrogen-bond acceptors (Lipinski definition) is 3. The van der Waals surface area contributed by atoms with Crippen molar-refractivity contribution in [3.05, 3.63) is 59.4 Å². The van der Waals surface area contributed by atoms with Gasteiger partial charge in [-0.25, -0.2) is 4.79 Å². The van der Waals surface area contributed by atoms with Crippen LogP contribution >= 0.6 is 0 Å².